The molecule has 26 heavy (non-hydrogen) atoms. The molecule has 1 aromatic carbocycles. The largest absolute Gasteiger partial charge is 0.460 e. The highest BCUT2D eigenvalue weighted by Crippen LogP contribution is 2.28. The third kappa shape index (κ3) is 3.13. The van der Waals surface area contributed by atoms with E-state index < -0.39 is 0 Å². The molecule has 0 spiro atoms. The molecule has 7 heteroatoms. The zero-order chi connectivity index (χ0) is 18.3. The molecule has 1 saturated heterocycles. The number of carbonyl (C=O) groups excluding carboxylic acids is 1. The zero-order valence-corrected chi connectivity index (χ0v) is 15.7. The van der Waals surface area contributed by atoms with Crippen LogP contribution in [0.3, 0.4) is 0 Å². The second kappa shape index (κ2) is 6.82. The normalized spacial score (nSPS) is 14.2. The molecular weight excluding hydrogens is 373 g/mol. The van der Waals surface area contributed by atoms with Crippen LogP contribution < -0.4 is 0 Å². The summed E-state index contributed by atoms with van der Waals surface area (Å²) < 4.78 is 7.28. The number of aryl methyl sites for hydroxylation is 1. The first-order valence-corrected chi connectivity index (χ1v) is 9.20. The van der Waals surface area contributed by atoms with E-state index in [2.05, 4.69) is 5.10 Å². The van der Waals surface area contributed by atoms with Crippen molar-refractivity contribution in [2.45, 2.75) is 19.8 Å². The van der Waals surface area contributed by atoms with Crippen LogP contribution in [-0.4, -0.2) is 33.7 Å². The van der Waals surface area contributed by atoms with Gasteiger partial charge in [-0.2, -0.15) is 5.10 Å². The molecule has 3 aromatic rings. The van der Waals surface area contributed by atoms with Gasteiger partial charge in [0.05, 0.1) is 15.7 Å². The summed E-state index contributed by atoms with van der Waals surface area (Å²) in [5.41, 5.74) is 1.76. The molecule has 5 nitrogen and oxygen atoms in total. The van der Waals surface area contributed by atoms with E-state index in [1.165, 1.54) is 0 Å². The minimum Gasteiger partial charge on any atom is -0.460 e. The van der Waals surface area contributed by atoms with Crippen molar-refractivity contribution in [1.29, 1.82) is 0 Å². The first-order valence-electron chi connectivity index (χ1n) is 8.44. The Bertz CT molecular complexity index is 971. The second-order valence-corrected chi connectivity index (χ2v) is 7.15. The van der Waals surface area contributed by atoms with Crippen molar-refractivity contribution in [3.63, 3.8) is 0 Å². The standard InChI is InChI=1S/C19H17Cl2N3O2/c1-12-4-7-18(26-12)16-11-17(19(25)23-8-2-3-9-23)24(22-16)13-5-6-14(20)15(21)10-13/h4-7,10-11H,2-3,8-9H2,1H3. The third-order valence-electron chi connectivity index (χ3n) is 4.46. The Labute approximate surface area is 161 Å². The molecule has 0 saturated carbocycles. The molecule has 3 heterocycles. The molecule has 2 aromatic heterocycles. The van der Waals surface area contributed by atoms with Crippen LogP contribution in [0.4, 0.5) is 0 Å². The number of amides is 1. The molecule has 1 fully saturated rings. The van der Waals surface area contributed by atoms with Gasteiger partial charge in [-0.3, -0.25) is 4.79 Å². The number of carbonyl (C=O) groups is 1. The first-order chi connectivity index (χ1) is 12.5. The predicted molar refractivity (Wildman–Crippen MR) is 101 cm³/mol. The quantitative estimate of drug-likeness (QED) is 0.634. The molecule has 1 aliphatic heterocycles. The number of rotatable bonds is 3. The number of halogens is 2. The Kier molecular flexibility index (Phi) is 4.51. The number of benzene rings is 1. The summed E-state index contributed by atoms with van der Waals surface area (Å²) >= 11 is 12.2. The maximum atomic E-state index is 13.0. The lowest BCUT2D eigenvalue weighted by molar-refractivity contribution is 0.0784. The van der Waals surface area contributed by atoms with E-state index >= 15 is 0 Å². The molecule has 0 N–H and O–H groups in total. The van der Waals surface area contributed by atoms with Crippen LogP contribution in [0.1, 0.15) is 29.1 Å². The Hall–Kier alpha value is -2.24. The lowest BCUT2D eigenvalue weighted by Gasteiger charge is -2.16. The molecule has 0 aliphatic carbocycles. The van der Waals surface area contributed by atoms with Crippen molar-refractivity contribution in [3.05, 3.63) is 57.9 Å². The van der Waals surface area contributed by atoms with Gasteiger partial charge in [-0.05, 0) is 50.1 Å². The summed E-state index contributed by atoms with van der Waals surface area (Å²) in [6, 6.07) is 10.7. The van der Waals surface area contributed by atoms with E-state index in [4.69, 9.17) is 27.6 Å². The molecule has 1 aliphatic rings. The van der Waals surface area contributed by atoms with Gasteiger partial charge in [0.1, 0.15) is 17.1 Å². The maximum Gasteiger partial charge on any atom is 0.272 e. The van der Waals surface area contributed by atoms with Crippen molar-refractivity contribution in [2.24, 2.45) is 0 Å². The van der Waals surface area contributed by atoms with E-state index in [9.17, 15) is 4.79 Å². The van der Waals surface area contributed by atoms with E-state index in [0.29, 0.717) is 32.9 Å². The number of aromatic nitrogens is 2. The molecule has 1 amide bonds. The van der Waals surface area contributed by atoms with E-state index in [1.807, 2.05) is 24.0 Å². The molecule has 0 atom stereocenters. The van der Waals surface area contributed by atoms with Crippen LogP contribution in [-0.2, 0) is 0 Å². The highest BCUT2D eigenvalue weighted by molar-refractivity contribution is 6.42. The van der Waals surface area contributed by atoms with Gasteiger partial charge in [0.2, 0.25) is 0 Å². The van der Waals surface area contributed by atoms with Crippen molar-refractivity contribution in [3.8, 4) is 17.1 Å². The third-order valence-corrected chi connectivity index (χ3v) is 5.20. The number of likely N-dealkylation sites (tertiary alicyclic amines) is 1. The van der Waals surface area contributed by atoms with Crippen molar-refractivity contribution in [1.82, 2.24) is 14.7 Å². The van der Waals surface area contributed by atoms with Crippen LogP contribution in [0.5, 0.6) is 0 Å². The van der Waals surface area contributed by atoms with Gasteiger partial charge < -0.3 is 9.32 Å². The Balaban J connectivity index is 1.82. The van der Waals surface area contributed by atoms with Gasteiger partial charge in [-0.15, -0.1) is 0 Å². The number of hydrogen-bond donors (Lipinski definition) is 0. The van der Waals surface area contributed by atoms with Crippen molar-refractivity contribution in [2.75, 3.05) is 13.1 Å². The number of furan rings is 1. The fourth-order valence-corrected chi connectivity index (χ4v) is 3.41. The lowest BCUT2D eigenvalue weighted by Crippen LogP contribution is -2.29. The molecule has 0 bridgehead atoms. The summed E-state index contributed by atoms with van der Waals surface area (Å²) in [6.07, 6.45) is 2.05. The fourth-order valence-electron chi connectivity index (χ4n) is 3.12. The summed E-state index contributed by atoms with van der Waals surface area (Å²) in [5, 5.41) is 5.47. The van der Waals surface area contributed by atoms with E-state index in [1.54, 1.807) is 28.9 Å². The summed E-state index contributed by atoms with van der Waals surface area (Å²) in [5.74, 6) is 1.36. The maximum absolute atomic E-state index is 13.0. The van der Waals surface area contributed by atoms with Crippen LogP contribution >= 0.6 is 23.2 Å². The average Bonchev–Trinajstić information content (AvgIpc) is 3.36. The minimum atomic E-state index is -0.0457. The average molecular weight is 390 g/mol. The molecular formula is C19H17Cl2N3O2. The van der Waals surface area contributed by atoms with Gasteiger partial charge in [0.25, 0.3) is 5.91 Å². The topological polar surface area (TPSA) is 51.3 Å². The molecule has 134 valence electrons. The smallest absolute Gasteiger partial charge is 0.272 e. The zero-order valence-electron chi connectivity index (χ0n) is 14.2. The molecule has 0 unspecified atom stereocenters. The SMILES string of the molecule is Cc1ccc(-c2cc(C(=O)N3CCCC3)n(-c3ccc(Cl)c(Cl)c3)n2)o1. The van der Waals surface area contributed by atoms with Gasteiger partial charge in [-0.1, -0.05) is 23.2 Å². The molecule has 0 radical (unpaired) electrons. The summed E-state index contributed by atoms with van der Waals surface area (Å²) in [7, 11) is 0. The Morgan fingerprint density at radius 3 is 2.50 bits per heavy atom. The van der Waals surface area contributed by atoms with Gasteiger partial charge >= 0.3 is 0 Å². The minimum absolute atomic E-state index is 0.0457. The number of hydrogen-bond acceptors (Lipinski definition) is 3. The summed E-state index contributed by atoms with van der Waals surface area (Å²) in [4.78, 5) is 14.9. The Morgan fingerprint density at radius 2 is 1.85 bits per heavy atom. The van der Waals surface area contributed by atoms with Crippen molar-refractivity contribution >= 4 is 29.1 Å². The van der Waals surface area contributed by atoms with Gasteiger partial charge in [0, 0.05) is 19.2 Å². The first kappa shape index (κ1) is 17.2. The van der Waals surface area contributed by atoms with Crippen LogP contribution in [0.15, 0.2) is 40.8 Å². The summed E-state index contributed by atoms with van der Waals surface area (Å²) in [6.45, 7) is 3.40. The fraction of sp³-hybridized carbons (Fsp3) is 0.263. The lowest BCUT2D eigenvalue weighted by atomic mass is 10.2. The predicted octanol–water partition coefficient (Wildman–Crippen LogP) is 4.98. The van der Waals surface area contributed by atoms with Gasteiger partial charge in [0.15, 0.2) is 5.76 Å². The highest BCUT2D eigenvalue weighted by atomic mass is 35.5. The van der Waals surface area contributed by atoms with Crippen LogP contribution in [0.2, 0.25) is 10.0 Å². The molecule has 4 rings (SSSR count). The monoisotopic (exact) mass is 389 g/mol. The Morgan fingerprint density at radius 1 is 1.08 bits per heavy atom. The van der Waals surface area contributed by atoms with Crippen LogP contribution in [0, 0.1) is 6.92 Å². The second-order valence-electron chi connectivity index (χ2n) is 6.33. The van der Waals surface area contributed by atoms with E-state index in [-0.39, 0.29) is 5.91 Å². The number of nitrogens with zero attached hydrogens (tertiary/aromatic N) is 3. The highest BCUT2D eigenvalue weighted by Gasteiger charge is 2.25. The van der Waals surface area contributed by atoms with E-state index in [0.717, 1.165) is 31.7 Å². The van der Waals surface area contributed by atoms with Gasteiger partial charge in [-0.25, -0.2) is 4.68 Å². The van der Waals surface area contributed by atoms with Crippen molar-refractivity contribution < 1.29 is 9.21 Å². The van der Waals surface area contributed by atoms with Crippen LogP contribution in [0.25, 0.3) is 17.1 Å².